The third kappa shape index (κ3) is 3.97. The first-order valence-electron chi connectivity index (χ1n) is 7.77. The molecule has 0 spiro atoms. The lowest BCUT2D eigenvalue weighted by molar-refractivity contribution is 0.252. The SMILES string of the molecule is CCNC(=O)Nc1ccc2ncc(Nc3ccc(C)c(F)c3)nc2n1. The van der Waals surface area contributed by atoms with Crippen LogP contribution < -0.4 is 16.0 Å². The Morgan fingerprint density at radius 1 is 1.16 bits per heavy atom. The van der Waals surface area contributed by atoms with Crippen molar-refractivity contribution in [2.45, 2.75) is 13.8 Å². The monoisotopic (exact) mass is 340 g/mol. The Labute approximate surface area is 143 Å². The molecule has 0 aliphatic carbocycles. The van der Waals surface area contributed by atoms with Gasteiger partial charge in [0.05, 0.1) is 6.20 Å². The number of nitrogens with one attached hydrogen (secondary N) is 3. The van der Waals surface area contributed by atoms with Gasteiger partial charge in [-0.05, 0) is 43.7 Å². The molecule has 0 aliphatic rings. The highest BCUT2D eigenvalue weighted by Crippen LogP contribution is 2.19. The smallest absolute Gasteiger partial charge is 0.320 e. The van der Waals surface area contributed by atoms with Crippen molar-refractivity contribution in [2.75, 3.05) is 17.2 Å². The Morgan fingerprint density at radius 3 is 2.72 bits per heavy atom. The van der Waals surface area contributed by atoms with Crippen LogP contribution in [0.3, 0.4) is 0 Å². The number of halogens is 1. The lowest BCUT2D eigenvalue weighted by atomic mass is 10.2. The summed E-state index contributed by atoms with van der Waals surface area (Å²) < 4.78 is 13.6. The van der Waals surface area contributed by atoms with Crippen molar-refractivity contribution < 1.29 is 9.18 Å². The quantitative estimate of drug-likeness (QED) is 0.677. The molecule has 1 aromatic carbocycles. The van der Waals surface area contributed by atoms with Crippen molar-refractivity contribution >= 4 is 34.5 Å². The van der Waals surface area contributed by atoms with Crippen molar-refractivity contribution in [2.24, 2.45) is 0 Å². The second kappa shape index (κ2) is 7.08. The summed E-state index contributed by atoms with van der Waals surface area (Å²) in [7, 11) is 0. The van der Waals surface area contributed by atoms with Crippen LogP contribution in [-0.2, 0) is 0 Å². The normalized spacial score (nSPS) is 10.5. The molecule has 8 heteroatoms. The van der Waals surface area contributed by atoms with E-state index in [2.05, 4.69) is 30.9 Å². The Kier molecular flexibility index (Phi) is 4.69. The van der Waals surface area contributed by atoms with E-state index in [0.717, 1.165) is 0 Å². The van der Waals surface area contributed by atoms with Gasteiger partial charge in [0.1, 0.15) is 17.2 Å². The molecule has 0 unspecified atom stereocenters. The van der Waals surface area contributed by atoms with Gasteiger partial charge in [-0.15, -0.1) is 0 Å². The molecular weight excluding hydrogens is 323 g/mol. The van der Waals surface area contributed by atoms with Gasteiger partial charge in [-0.1, -0.05) is 6.07 Å². The maximum atomic E-state index is 13.6. The van der Waals surface area contributed by atoms with E-state index in [9.17, 15) is 9.18 Å². The lowest BCUT2D eigenvalue weighted by Crippen LogP contribution is -2.28. The molecule has 7 nitrogen and oxygen atoms in total. The average Bonchev–Trinajstić information content (AvgIpc) is 2.58. The number of nitrogens with zero attached hydrogens (tertiary/aromatic N) is 3. The van der Waals surface area contributed by atoms with E-state index >= 15 is 0 Å². The van der Waals surface area contributed by atoms with Crippen molar-refractivity contribution in [3.8, 4) is 0 Å². The fourth-order valence-electron chi connectivity index (χ4n) is 2.17. The minimum absolute atomic E-state index is 0.301. The number of fused-ring (bicyclic) bond motifs is 1. The Hall–Kier alpha value is -3.29. The van der Waals surface area contributed by atoms with Crippen LogP contribution in [0.25, 0.3) is 11.2 Å². The number of carbonyl (C=O) groups is 1. The van der Waals surface area contributed by atoms with Gasteiger partial charge in [0, 0.05) is 12.2 Å². The van der Waals surface area contributed by atoms with Gasteiger partial charge in [-0.3, -0.25) is 5.32 Å². The molecule has 0 fully saturated rings. The Balaban J connectivity index is 1.84. The Morgan fingerprint density at radius 2 is 1.96 bits per heavy atom. The largest absolute Gasteiger partial charge is 0.339 e. The van der Waals surface area contributed by atoms with E-state index in [1.165, 1.54) is 6.07 Å². The van der Waals surface area contributed by atoms with Gasteiger partial charge in [0.2, 0.25) is 0 Å². The van der Waals surface area contributed by atoms with Crippen LogP contribution in [0.5, 0.6) is 0 Å². The van der Waals surface area contributed by atoms with Crippen LogP contribution >= 0.6 is 0 Å². The van der Waals surface area contributed by atoms with Crippen LogP contribution in [0.2, 0.25) is 0 Å². The molecule has 0 saturated carbocycles. The maximum absolute atomic E-state index is 13.6. The number of rotatable bonds is 4. The van der Waals surface area contributed by atoms with Crippen LogP contribution in [0.4, 0.5) is 26.5 Å². The van der Waals surface area contributed by atoms with Gasteiger partial charge in [0.15, 0.2) is 11.5 Å². The number of carbonyl (C=O) groups excluding carboxylic acids is 1. The summed E-state index contributed by atoms with van der Waals surface area (Å²) >= 11 is 0. The standard InChI is InChI=1S/C17H17FN6O/c1-3-19-17(25)24-14-7-6-13-16(22-14)23-15(9-20-13)21-11-5-4-10(2)12(18)8-11/h4-9H,3H2,1-2H3,(H3,19,21,22,23,24,25). The number of anilines is 3. The number of pyridine rings is 1. The molecule has 0 atom stereocenters. The molecule has 128 valence electrons. The lowest BCUT2D eigenvalue weighted by Gasteiger charge is -2.08. The first-order valence-corrected chi connectivity index (χ1v) is 7.77. The zero-order valence-electron chi connectivity index (χ0n) is 13.8. The van der Waals surface area contributed by atoms with Crippen molar-refractivity contribution in [1.29, 1.82) is 0 Å². The van der Waals surface area contributed by atoms with Crippen LogP contribution in [-0.4, -0.2) is 27.5 Å². The molecule has 3 aromatic rings. The highest BCUT2D eigenvalue weighted by molar-refractivity contribution is 5.89. The van der Waals surface area contributed by atoms with Gasteiger partial charge >= 0.3 is 6.03 Å². The number of aromatic nitrogens is 3. The number of benzene rings is 1. The summed E-state index contributed by atoms with van der Waals surface area (Å²) in [6, 6.07) is 7.85. The first-order chi connectivity index (χ1) is 12.0. The number of amides is 2. The molecule has 0 bridgehead atoms. The van der Waals surface area contributed by atoms with Gasteiger partial charge in [-0.2, -0.15) is 0 Å². The third-order valence-electron chi connectivity index (χ3n) is 3.43. The summed E-state index contributed by atoms with van der Waals surface area (Å²) in [5.74, 6) is 0.495. The number of urea groups is 1. The van der Waals surface area contributed by atoms with Crippen LogP contribution in [0.1, 0.15) is 12.5 Å². The summed E-state index contributed by atoms with van der Waals surface area (Å²) in [6.07, 6.45) is 1.54. The van der Waals surface area contributed by atoms with Crippen LogP contribution in [0, 0.1) is 12.7 Å². The predicted octanol–water partition coefficient (Wildman–Crippen LogP) is 3.36. The topological polar surface area (TPSA) is 91.8 Å². The molecule has 25 heavy (non-hydrogen) atoms. The maximum Gasteiger partial charge on any atom is 0.320 e. The summed E-state index contributed by atoms with van der Waals surface area (Å²) in [5, 5.41) is 8.23. The minimum Gasteiger partial charge on any atom is -0.339 e. The molecule has 0 aliphatic heterocycles. The Bertz CT molecular complexity index is 930. The highest BCUT2D eigenvalue weighted by atomic mass is 19.1. The predicted molar refractivity (Wildman–Crippen MR) is 94.4 cm³/mol. The van der Waals surface area contributed by atoms with Gasteiger partial charge < -0.3 is 10.6 Å². The molecule has 0 saturated heterocycles. The second-order valence-corrected chi connectivity index (χ2v) is 5.37. The van der Waals surface area contributed by atoms with Crippen molar-refractivity contribution in [3.63, 3.8) is 0 Å². The number of hydrogen-bond acceptors (Lipinski definition) is 5. The van der Waals surface area contributed by atoms with E-state index in [4.69, 9.17) is 0 Å². The average molecular weight is 340 g/mol. The van der Waals surface area contributed by atoms with Crippen LogP contribution in [0.15, 0.2) is 36.5 Å². The molecular formula is C17H17FN6O. The van der Waals surface area contributed by atoms with E-state index in [0.29, 0.717) is 40.6 Å². The third-order valence-corrected chi connectivity index (χ3v) is 3.43. The van der Waals surface area contributed by atoms with E-state index in [1.807, 2.05) is 6.92 Å². The molecule has 3 rings (SSSR count). The molecule has 3 N–H and O–H groups in total. The van der Waals surface area contributed by atoms with Crippen molar-refractivity contribution in [1.82, 2.24) is 20.3 Å². The van der Waals surface area contributed by atoms with E-state index in [-0.39, 0.29) is 11.8 Å². The molecule has 2 heterocycles. The summed E-state index contributed by atoms with van der Waals surface area (Å²) in [6.45, 7) is 4.03. The zero-order valence-corrected chi connectivity index (χ0v) is 13.8. The second-order valence-electron chi connectivity index (χ2n) is 5.37. The van der Waals surface area contributed by atoms with Gasteiger partial charge in [-0.25, -0.2) is 24.1 Å². The summed E-state index contributed by atoms with van der Waals surface area (Å²) in [4.78, 5) is 24.5. The van der Waals surface area contributed by atoms with Gasteiger partial charge in [0.25, 0.3) is 0 Å². The first kappa shape index (κ1) is 16.6. The van der Waals surface area contributed by atoms with E-state index < -0.39 is 0 Å². The minimum atomic E-state index is -0.341. The zero-order chi connectivity index (χ0) is 17.8. The fraction of sp³-hybridized carbons (Fsp3) is 0.176. The highest BCUT2D eigenvalue weighted by Gasteiger charge is 2.07. The summed E-state index contributed by atoms with van der Waals surface area (Å²) in [5.41, 5.74) is 2.08. The molecule has 2 amide bonds. The number of hydrogen-bond donors (Lipinski definition) is 3. The van der Waals surface area contributed by atoms with Crippen molar-refractivity contribution in [3.05, 3.63) is 47.9 Å². The molecule has 0 radical (unpaired) electrons. The number of aryl methyl sites for hydroxylation is 1. The van der Waals surface area contributed by atoms with E-state index in [1.54, 1.807) is 37.4 Å². The fourth-order valence-corrected chi connectivity index (χ4v) is 2.17. The molecule has 2 aromatic heterocycles.